The van der Waals surface area contributed by atoms with Gasteiger partial charge in [0.15, 0.2) is 12.0 Å². The molecule has 29 heavy (non-hydrogen) atoms. The van der Waals surface area contributed by atoms with Gasteiger partial charge >= 0.3 is 5.97 Å². The molecular formula is C21H19ClO7. The Hall–Kier alpha value is -3.32. The van der Waals surface area contributed by atoms with Gasteiger partial charge in [-0.3, -0.25) is 14.4 Å². The Labute approximate surface area is 172 Å². The average Bonchev–Trinajstić information content (AvgIpc) is 2.69. The molecule has 2 aromatic carbocycles. The van der Waals surface area contributed by atoms with E-state index in [1.165, 1.54) is 44.4 Å². The molecule has 0 bridgehead atoms. The number of phenols is 1. The first-order valence-corrected chi connectivity index (χ1v) is 8.85. The lowest BCUT2D eigenvalue weighted by Crippen LogP contribution is -2.09. The van der Waals surface area contributed by atoms with Crippen molar-refractivity contribution in [1.29, 1.82) is 0 Å². The van der Waals surface area contributed by atoms with Gasteiger partial charge in [0, 0.05) is 5.56 Å². The molecule has 2 N–H and O–H groups in total. The number of aliphatic carboxylic acids is 1. The summed E-state index contributed by atoms with van der Waals surface area (Å²) in [5.74, 6) is -2.81. The Morgan fingerprint density at radius 3 is 2.55 bits per heavy atom. The zero-order chi connectivity index (χ0) is 21.7. The van der Waals surface area contributed by atoms with Crippen LogP contribution in [0, 0.1) is 12.8 Å². The van der Waals surface area contributed by atoms with Crippen molar-refractivity contribution in [2.75, 3.05) is 7.11 Å². The van der Waals surface area contributed by atoms with E-state index in [1.807, 2.05) is 0 Å². The molecule has 0 aliphatic carbocycles. The summed E-state index contributed by atoms with van der Waals surface area (Å²) in [6.45, 7) is 3.10. The minimum atomic E-state index is -1.04. The maximum Gasteiger partial charge on any atom is 0.310 e. The number of aromatic hydroxyl groups is 1. The van der Waals surface area contributed by atoms with Gasteiger partial charge in [0.05, 0.1) is 29.9 Å². The molecule has 0 heterocycles. The number of ketones is 1. The molecule has 0 saturated heterocycles. The van der Waals surface area contributed by atoms with Crippen molar-refractivity contribution in [3.63, 3.8) is 0 Å². The van der Waals surface area contributed by atoms with Crippen LogP contribution in [0.3, 0.4) is 0 Å². The Morgan fingerprint density at radius 2 is 1.97 bits per heavy atom. The number of carboxylic acids is 1. The van der Waals surface area contributed by atoms with E-state index in [-0.39, 0.29) is 39.0 Å². The number of methoxy groups -OCH3 is 1. The lowest BCUT2D eigenvalue weighted by molar-refractivity contribution is -0.139. The van der Waals surface area contributed by atoms with E-state index in [1.54, 1.807) is 6.92 Å². The van der Waals surface area contributed by atoms with Crippen LogP contribution < -0.4 is 9.47 Å². The summed E-state index contributed by atoms with van der Waals surface area (Å²) < 4.78 is 10.6. The van der Waals surface area contributed by atoms with E-state index >= 15 is 0 Å². The number of aryl methyl sites for hydroxylation is 1. The number of hydrogen-bond acceptors (Lipinski definition) is 6. The largest absolute Gasteiger partial charge is 0.507 e. The first-order chi connectivity index (χ1) is 13.7. The van der Waals surface area contributed by atoms with Crippen LogP contribution in [0.25, 0.3) is 0 Å². The SMILES string of the molecule is COc1c(Cl)c(C)cc(O)c1C(=O)c1cccc(OC=CC(C)C(=O)O)c1C=O. The zero-order valence-corrected chi connectivity index (χ0v) is 16.7. The van der Waals surface area contributed by atoms with Crippen molar-refractivity contribution >= 4 is 29.6 Å². The molecule has 0 spiro atoms. The van der Waals surface area contributed by atoms with Gasteiger partial charge in [0.25, 0.3) is 0 Å². The van der Waals surface area contributed by atoms with Crippen molar-refractivity contribution in [2.24, 2.45) is 5.92 Å². The summed E-state index contributed by atoms with van der Waals surface area (Å²) in [6.07, 6.45) is 2.87. The molecule has 1 unspecified atom stereocenters. The normalized spacial score (nSPS) is 11.9. The van der Waals surface area contributed by atoms with Gasteiger partial charge in [0.1, 0.15) is 17.1 Å². The molecule has 2 rings (SSSR count). The third-order valence-electron chi connectivity index (χ3n) is 4.19. The third kappa shape index (κ3) is 4.57. The van der Waals surface area contributed by atoms with Crippen molar-refractivity contribution in [3.05, 3.63) is 63.9 Å². The van der Waals surface area contributed by atoms with Crippen molar-refractivity contribution in [1.82, 2.24) is 0 Å². The fraction of sp³-hybridized carbons (Fsp3) is 0.190. The van der Waals surface area contributed by atoms with Crippen LogP contribution in [0.5, 0.6) is 17.2 Å². The highest BCUT2D eigenvalue weighted by molar-refractivity contribution is 6.34. The standard InChI is InChI=1S/C21H19ClO7/c1-11(21(26)27)7-8-29-16-6-4-5-13(14(16)10-23)19(25)17-15(24)9-12(2)18(22)20(17)28-3/h4-11,24H,1-3H3,(H,26,27). The predicted molar refractivity (Wildman–Crippen MR) is 106 cm³/mol. The Morgan fingerprint density at radius 1 is 1.28 bits per heavy atom. The van der Waals surface area contributed by atoms with Gasteiger partial charge in [-0.2, -0.15) is 0 Å². The predicted octanol–water partition coefficient (Wildman–Crippen LogP) is 4.02. The molecule has 0 aliphatic rings. The molecule has 0 saturated carbocycles. The van der Waals surface area contributed by atoms with E-state index in [9.17, 15) is 19.5 Å². The van der Waals surface area contributed by atoms with Crippen LogP contribution in [0.4, 0.5) is 0 Å². The molecule has 0 amide bonds. The van der Waals surface area contributed by atoms with Crippen LogP contribution in [-0.2, 0) is 4.79 Å². The molecule has 0 fully saturated rings. The van der Waals surface area contributed by atoms with Crippen LogP contribution in [0.1, 0.15) is 38.8 Å². The third-order valence-corrected chi connectivity index (χ3v) is 4.66. The minimum Gasteiger partial charge on any atom is -0.507 e. The van der Waals surface area contributed by atoms with Gasteiger partial charge in [-0.05, 0) is 37.6 Å². The van der Waals surface area contributed by atoms with Crippen LogP contribution in [0.2, 0.25) is 5.02 Å². The van der Waals surface area contributed by atoms with Gasteiger partial charge < -0.3 is 19.7 Å². The fourth-order valence-corrected chi connectivity index (χ4v) is 2.80. The van der Waals surface area contributed by atoms with Gasteiger partial charge in [-0.15, -0.1) is 0 Å². The second-order valence-corrected chi connectivity index (χ2v) is 6.55. The summed E-state index contributed by atoms with van der Waals surface area (Å²) in [5, 5.41) is 19.4. The number of phenolic OH excluding ortho intramolecular Hbond substituents is 1. The summed E-state index contributed by atoms with van der Waals surface area (Å²) in [6, 6.07) is 5.67. The van der Waals surface area contributed by atoms with Crippen LogP contribution >= 0.6 is 11.6 Å². The van der Waals surface area contributed by atoms with Crippen LogP contribution in [0.15, 0.2) is 36.6 Å². The number of carbonyl (C=O) groups is 3. The highest BCUT2D eigenvalue weighted by atomic mass is 35.5. The fourth-order valence-electron chi connectivity index (χ4n) is 2.57. The number of carbonyl (C=O) groups excluding carboxylic acids is 2. The maximum atomic E-state index is 13.1. The molecule has 2 aromatic rings. The highest BCUT2D eigenvalue weighted by Crippen LogP contribution is 2.39. The van der Waals surface area contributed by atoms with Gasteiger partial charge in [-0.1, -0.05) is 23.7 Å². The summed E-state index contributed by atoms with van der Waals surface area (Å²) in [7, 11) is 1.31. The van der Waals surface area contributed by atoms with E-state index in [0.29, 0.717) is 11.8 Å². The van der Waals surface area contributed by atoms with Crippen LogP contribution in [-0.4, -0.2) is 35.4 Å². The summed E-state index contributed by atoms with van der Waals surface area (Å²) >= 11 is 6.19. The number of halogens is 1. The minimum absolute atomic E-state index is 0.00693. The topological polar surface area (TPSA) is 110 Å². The highest BCUT2D eigenvalue weighted by Gasteiger charge is 2.26. The van der Waals surface area contributed by atoms with Gasteiger partial charge in [-0.25, -0.2) is 0 Å². The first-order valence-electron chi connectivity index (χ1n) is 8.48. The quantitative estimate of drug-likeness (QED) is 0.378. The molecule has 7 nitrogen and oxygen atoms in total. The number of rotatable bonds is 8. The van der Waals surface area contributed by atoms with Crippen molar-refractivity contribution < 1.29 is 34.1 Å². The Kier molecular flexibility index (Phi) is 7.01. The van der Waals surface area contributed by atoms with E-state index < -0.39 is 17.7 Å². The molecule has 0 aromatic heterocycles. The number of benzene rings is 2. The number of aldehydes is 1. The molecule has 0 aliphatic heterocycles. The Balaban J connectivity index is 2.52. The average molecular weight is 419 g/mol. The maximum absolute atomic E-state index is 13.1. The summed E-state index contributed by atoms with van der Waals surface area (Å²) in [4.78, 5) is 35.6. The Bertz CT molecular complexity index is 995. The second-order valence-electron chi connectivity index (χ2n) is 6.17. The van der Waals surface area contributed by atoms with E-state index in [4.69, 9.17) is 26.2 Å². The smallest absolute Gasteiger partial charge is 0.310 e. The molecule has 8 heteroatoms. The van der Waals surface area contributed by atoms with E-state index in [0.717, 1.165) is 6.26 Å². The molecule has 152 valence electrons. The number of ether oxygens (including phenoxy) is 2. The first kappa shape index (κ1) is 22.0. The van der Waals surface area contributed by atoms with Crippen molar-refractivity contribution in [3.8, 4) is 17.2 Å². The van der Waals surface area contributed by atoms with E-state index in [2.05, 4.69) is 0 Å². The number of carboxylic acid groups (broad SMARTS) is 1. The van der Waals surface area contributed by atoms with Gasteiger partial charge in [0.2, 0.25) is 5.78 Å². The molecular weight excluding hydrogens is 400 g/mol. The summed E-state index contributed by atoms with van der Waals surface area (Å²) in [5.41, 5.74) is 0.232. The lowest BCUT2D eigenvalue weighted by Gasteiger charge is -2.15. The van der Waals surface area contributed by atoms with Crippen molar-refractivity contribution in [2.45, 2.75) is 13.8 Å². The zero-order valence-electron chi connectivity index (χ0n) is 15.9. The second kappa shape index (κ2) is 9.25. The lowest BCUT2D eigenvalue weighted by atomic mass is 9.96. The number of hydrogen-bond donors (Lipinski definition) is 2. The monoisotopic (exact) mass is 418 g/mol. The molecule has 1 atom stereocenters. The molecule has 0 radical (unpaired) electrons.